The molecule has 0 aliphatic carbocycles. The summed E-state index contributed by atoms with van der Waals surface area (Å²) in [5, 5.41) is 3.86. The van der Waals surface area contributed by atoms with Crippen molar-refractivity contribution in [1.82, 2.24) is 9.80 Å². The van der Waals surface area contributed by atoms with Crippen molar-refractivity contribution < 1.29 is 13.9 Å². The first-order valence-corrected chi connectivity index (χ1v) is 9.76. The van der Waals surface area contributed by atoms with Gasteiger partial charge in [0.2, 0.25) is 0 Å². The lowest BCUT2D eigenvalue weighted by molar-refractivity contribution is 0.0526. The summed E-state index contributed by atoms with van der Waals surface area (Å²) in [6.45, 7) is 5.93. The number of nitrogens with one attached hydrogen (secondary N) is 1. The van der Waals surface area contributed by atoms with Crippen LogP contribution >= 0.6 is 12.2 Å². The molecule has 3 rings (SSSR count). The summed E-state index contributed by atoms with van der Waals surface area (Å²) in [6, 6.07) is 14.0. The lowest BCUT2D eigenvalue weighted by atomic mass is 10.2. The maximum atomic E-state index is 13.8. The summed E-state index contributed by atoms with van der Waals surface area (Å²) < 4.78 is 18.8. The first kappa shape index (κ1) is 20.2. The number of thiocarbonyl (C=S) groups is 1. The molecule has 28 heavy (non-hydrogen) atoms. The highest BCUT2D eigenvalue weighted by molar-refractivity contribution is 7.80. The van der Waals surface area contributed by atoms with E-state index in [9.17, 15) is 9.18 Å². The smallest absolute Gasteiger partial charge is 0.338 e. The molecule has 0 saturated carbocycles. The third-order valence-electron chi connectivity index (χ3n) is 4.66. The van der Waals surface area contributed by atoms with Crippen molar-refractivity contribution in [2.75, 3.05) is 38.1 Å². The van der Waals surface area contributed by atoms with Crippen LogP contribution in [0.3, 0.4) is 0 Å². The van der Waals surface area contributed by atoms with Gasteiger partial charge in [-0.1, -0.05) is 18.2 Å². The zero-order valence-corrected chi connectivity index (χ0v) is 16.7. The van der Waals surface area contributed by atoms with Crippen molar-refractivity contribution in [3.05, 3.63) is 65.5 Å². The molecule has 1 saturated heterocycles. The first-order valence-electron chi connectivity index (χ1n) is 9.35. The molecule has 0 aromatic heterocycles. The Balaban J connectivity index is 1.48. The molecule has 0 spiro atoms. The van der Waals surface area contributed by atoms with Gasteiger partial charge in [-0.3, -0.25) is 4.90 Å². The number of esters is 1. The van der Waals surface area contributed by atoms with Crippen molar-refractivity contribution in [2.24, 2.45) is 0 Å². The molecule has 0 amide bonds. The van der Waals surface area contributed by atoms with Crippen molar-refractivity contribution in [1.29, 1.82) is 0 Å². The van der Waals surface area contributed by atoms with Gasteiger partial charge in [-0.2, -0.15) is 0 Å². The number of ether oxygens (including phenoxy) is 1. The van der Waals surface area contributed by atoms with Gasteiger partial charge >= 0.3 is 5.97 Å². The van der Waals surface area contributed by atoms with Gasteiger partial charge in [0.1, 0.15) is 5.82 Å². The van der Waals surface area contributed by atoms with Crippen LogP contribution in [0.25, 0.3) is 0 Å². The van der Waals surface area contributed by atoms with Crippen LogP contribution in [-0.2, 0) is 11.3 Å². The molecule has 1 aliphatic heterocycles. The maximum absolute atomic E-state index is 13.8. The van der Waals surface area contributed by atoms with Gasteiger partial charge in [0.05, 0.1) is 12.2 Å². The summed E-state index contributed by atoms with van der Waals surface area (Å²) in [4.78, 5) is 16.0. The lowest BCUT2D eigenvalue weighted by Crippen LogP contribution is -2.49. The summed E-state index contributed by atoms with van der Waals surface area (Å²) >= 11 is 5.52. The molecule has 1 aliphatic rings. The van der Waals surface area contributed by atoms with Gasteiger partial charge in [0, 0.05) is 44.0 Å². The van der Waals surface area contributed by atoms with Crippen LogP contribution in [0.4, 0.5) is 10.1 Å². The number of hydrogen-bond donors (Lipinski definition) is 1. The highest BCUT2D eigenvalue weighted by atomic mass is 32.1. The number of rotatable bonds is 5. The molecular weight excluding hydrogens is 377 g/mol. The Labute approximate surface area is 170 Å². The van der Waals surface area contributed by atoms with E-state index in [-0.39, 0.29) is 11.8 Å². The van der Waals surface area contributed by atoms with Gasteiger partial charge in [0.15, 0.2) is 5.11 Å². The number of carbonyl (C=O) groups excluding carboxylic acids is 1. The molecule has 0 radical (unpaired) electrons. The standard InChI is InChI=1S/C21H24FN3O2S/c1-2-27-20(26)16-7-9-18(10-8-16)23-21(28)25-13-11-24(12-14-25)15-17-5-3-4-6-19(17)22/h3-10H,2,11-15H2,1H3,(H,23,28). The quantitative estimate of drug-likeness (QED) is 0.611. The second-order valence-electron chi connectivity index (χ2n) is 6.58. The summed E-state index contributed by atoms with van der Waals surface area (Å²) in [6.07, 6.45) is 0. The number of hydrogen-bond acceptors (Lipinski definition) is 4. The van der Waals surface area contributed by atoms with Crippen molar-refractivity contribution in [2.45, 2.75) is 13.5 Å². The van der Waals surface area contributed by atoms with Gasteiger partial charge in [0.25, 0.3) is 0 Å². The fourth-order valence-electron chi connectivity index (χ4n) is 3.08. The second-order valence-corrected chi connectivity index (χ2v) is 6.97. The fourth-order valence-corrected chi connectivity index (χ4v) is 3.38. The SMILES string of the molecule is CCOC(=O)c1ccc(NC(=S)N2CCN(Cc3ccccc3F)CC2)cc1. The van der Waals surface area contributed by atoms with E-state index in [4.69, 9.17) is 17.0 Å². The predicted molar refractivity (Wildman–Crippen MR) is 112 cm³/mol. The number of halogens is 1. The Hall–Kier alpha value is -2.51. The fraction of sp³-hybridized carbons (Fsp3) is 0.333. The molecule has 2 aromatic rings. The van der Waals surface area contributed by atoms with Crippen molar-refractivity contribution in [3.8, 4) is 0 Å². The van der Waals surface area contributed by atoms with Crippen molar-refractivity contribution >= 4 is 29.0 Å². The average molecular weight is 402 g/mol. The van der Waals surface area contributed by atoms with Crippen LogP contribution in [0.15, 0.2) is 48.5 Å². The minimum atomic E-state index is -0.331. The molecule has 148 valence electrons. The Bertz CT molecular complexity index is 821. The molecule has 2 aromatic carbocycles. The second kappa shape index (κ2) is 9.61. The van der Waals surface area contributed by atoms with E-state index in [2.05, 4.69) is 15.1 Å². The van der Waals surface area contributed by atoms with Crippen LogP contribution in [0.5, 0.6) is 0 Å². The number of carbonyl (C=O) groups is 1. The van der Waals surface area contributed by atoms with Crippen molar-refractivity contribution in [3.63, 3.8) is 0 Å². The van der Waals surface area contributed by atoms with Gasteiger partial charge < -0.3 is 15.0 Å². The summed E-state index contributed by atoms with van der Waals surface area (Å²) in [5.74, 6) is -0.490. The number of anilines is 1. The van der Waals surface area contributed by atoms with E-state index >= 15 is 0 Å². The van der Waals surface area contributed by atoms with Gasteiger partial charge in [-0.15, -0.1) is 0 Å². The Morgan fingerprint density at radius 1 is 1.11 bits per heavy atom. The zero-order chi connectivity index (χ0) is 19.9. The van der Waals surface area contributed by atoms with E-state index in [0.29, 0.717) is 23.8 Å². The van der Waals surface area contributed by atoms with Crippen LogP contribution in [0, 0.1) is 5.82 Å². The van der Waals surface area contributed by atoms with Crippen LogP contribution in [0.1, 0.15) is 22.8 Å². The molecular formula is C21H24FN3O2S. The van der Waals surface area contributed by atoms with E-state index < -0.39 is 0 Å². The first-order chi connectivity index (χ1) is 13.6. The minimum absolute atomic E-state index is 0.159. The van der Waals surface area contributed by atoms with Crippen LogP contribution in [0.2, 0.25) is 0 Å². The third-order valence-corrected chi connectivity index (χ3v) is 5.02. The highest BCUT2D eigenvalue weighted by Crippen LogP contribution is 2.15. The number of nitrogens with zero attached hydrogens (tertiary/aromatic N) is 2. The van der Waals surface area contributed by atoms with Gasteiger partial charge in [-0.25, -0.2) is 9.18 Å². The van der Waals surface area contributed by atoms with Crippen LogP contribution in [-0.4, -0.2) is 53.7 Å². The minimum Gasteiger partial charge on any atom is -0.462 e. The largest absolute Gasteiger partial charge is 0.462 e. The Kier molecular flexibility index (Phi) is 6.95. The molecule has 7 heteroatoms. The summed E-state index contributed by atoms with van der Waals surface area (Å²) in [7, 11) is 0. The summed E-state index contributed by atoms with van der Waals surface area (Å²) in [5.41, 5.74) is 2.06. The average Bonchev–Trinajstić information content (AvgIpc) is 2.71. The molecule has 0 unspecified atom stereocenters. The molecule has 0 bridgehead atoms. The number of piperazine rings is 1. The maximum Gasteiger partial charge on any atom is 0.338 e. The van der Waals surface area contributed by atoms with Gasteiger partial charge in [-0.05, 0) is 49.5 Å². The predicted octanol–water partition coefficient (Wildman–Crippen LogP) is 3.52. The molecule has 1 fully saturated rings. The third kappa shape index (κ3) is 5.27. The lowest BCUT2D eigenvalue weighted by Gasteiger charge is -2.36. The Morgan fingerprint density at radius 2 is 1.79 bits per heavy atom. The molecule has 5 nitrogen and oxygen atoms in total. The van der Waals surface area contributed by atoms with Crippen LogP contribution < -0.4 is 5.32 Å². The molecule has 1 N–H and O–H groups in total. The zero-order valence-electron chi connectivity index (χ0n) is 15.9. The van der Waals surface area contributed by atoms with E-state index in [1.807, 2.05) is 24.3 Å². The Morgan fingerprint density at radius 3 is 2.43 bits per heavy atom. The van der Waals surface area contributed by atoms with E-state index in [1.54, 1.807) is 25.1 Å². The molecule has 0 atom stereocenters. The van der Waals surface area contributed by atoms with E-state index in [1.165, 1.54) is 6.07 Å². The topological polar surface area (TPSA) is 44.8 Å². The molecule has 1 heterocycles. The van der Waals surface area contributed by atoms with E-state index in [0.717, 1.165) is 37.4 Å². The monoisotopic (exact) mass is 401 g/mol. The highest BCUT2D eigenvalue weighted by Gasteiger charge is 2.20. The number of benzene rings is 2. The normalized spacial score (nSPS) is 14.6.